The largest absolute Gasteiger partial charge is 0.345 e. The Balaban J connectivity index is 1.89. The first-order chi connectivity index (χ1) is 7.65. The highest BCUT2D eigenvalue weighted by Crippen LogP contribution is 2.02. The quantitative estimate of drug-likeness (QED) is 0.707. The fourth-order valence-corrected chi connectivity index (χ4v) is 1.67. The van der Waals surface area contributed by atoms with E-state index in [0.717, 1.165) is 12.0 Å². The van der Waals surface area contributed by atoms with E-state index >= 15 is 0 Å². The van der Waals surface area contributed by atoms with Crippen molar-refractivity contribution in [2.45, 2.75) is 6.42 Å². The van der Waals surface area contributed by atoms with E-state index in [1.807, 2.05) is 13.2 Å². The molecule has 1 saturated heterocycles. The standard InChI is InChI=1S/C10H14N4O2/c1-13-6-8(4-12-13)2-3-14-7-9(15)11-5-10(14)16/h4,6H,2-3,5,7H2,1H3,(H,11,15). The van der Waals surface area contributed by atoms with Crippen LogP contribution in [0.5, 0.6) is 0 Å². The number of aryl methyl sites for hydroxylation is 1. The van der Waals surface area contributed by atoms with Gasteiger partial charge in [0, 0.05) is 19.8 Å². The van der Waals surface area contributed by atoms with Crippen LogP contribution in [-0.4, -0.2) is 46.1 Å². The molecular weight excluding hydrogens is 208 g/mol. The first-order valence-corrected chi connectivity index (χ1v) is 5.17. The van der Waals surface area contributed by atoms with Crippen molar-refractivity contribution in [2.75, 3.05) is 19.6 Å². The second-order valence-electron chi connectivity index (χ2n) is 3.86. The summed E-state index contributed by atoms with van der Waals surface area (Å²) in [4.78, 5) is 24.1. The van der Waals surface area contributed by atoms with Gasteiger partial charge in [-0.25, -0.2) is 0 Å². The Kier molecular flexibility index (Phi) is 2.89. The second kappa shape index (κ2) is 4.34. The predicted octanol–water partition coefficient (Wildman–Crippen LogP) is -1.08. The second-order valence-corrected chi connectivity index (χ2v) is 3.86. The van der Waals surface area contributed by atoms with Gasteiger partial charge in [0.25, 0.3) is 0 Å². The molecule has 0 atom stereocenters. The Bertz CT molecular complexity index is 413. The van der Waals surface area contributed by atoms with Gasteiger partial charge in [-0.3, -0.25) is 14.3 Å². The molecule has 0 saturated carbocycles. The van der Waals surface area contributed by atoms with Crippen LogP contribution in [0.2, 0.25) is 0 Å². The molecule has 16 heavy (non-hydrogen) atoms. The highest BCUT2D eigenvalue weighted by molar-refractivity contribution is 5.92. The predicted molar refractivity (Wildman–Crippen MR) is 56.5 cm³/mol. The van der Waals surface area contributed by atoms with E-state index in [-0.39, 0.29) is 24.9 Å². The zero-order chi connectivity index (χ0) is 11.5. The maximum absolute atomic E-state index is 11.5. The number of carbonyl (C=O) groups excluding carboxylic acids is 2. The average molecular weight is 222 g/mol. The molecule has 1 fully saturated rings. The molecule has 0 bridgehead atoms. The van der Waals surface area contributed by atoms with E-state index in [0.29, 0.717) is 6.54 Å². The minimum Gasteiger partial charge on any atom is -0.345 e. The van der Waals surface area contributed by atoms with Crippen LogP contribution in [0.25, 0.3) is 0 Å². The van der Waals surface area contributed by atoms with E-state index in [2.05, 4.69) is 10.4 Å². The summed E-state index contributed by atoms with van der Waals surface area (Å²) < 4.78 is 1.72. The first-order valence-electron chi connectivity index (χ1n) is 5.17. The van der Waals surface area contributed by atoms with Crippen molar-refractivity contribution in [1.29, 1.82) is 0 Å². The van der Waals surface area contributed by atoms with Crippen molar-refractivity contribution in [2.24, 2.45) is 7.05 Å². The molecule has 2 rings (SSSR count). The third kappa shape index (κ3) is 2.39. The summed E-state index contributed by atoms with van der Waals surface area (Å²) in [5.41, 5.74) is 1.07. The molecule has 1 N–H and O–H groups in total. The summed E-state index contributed by atoms with van der Waals surface area (Å²) in [5, 5.41) is 6.57. The lowest BCUT2D eigenvalue weighted by atomic mass is 10.2. The summed E-state index contributed by atoms with van der Waals surface area (Å²) >= 11 is 0. The fraction of sp³-hybridized carbons (Fsp3) is 0.500. The van der Waals surface area contributed by atoms with Crippen LogP contribution in [0.1, 0.15) is 5.56 Å². The van der Waals surface area contributed by atoms with Gasteiger partial charge >= 0.3 is 0 Å². The van der Waals surface area contributed by atoms with Crippen LogP contribution in [0.3, 0.4) is 0 Å². The summed E-state index contributed by atoms with van der Waals surface area (Å²) in [6, 6.07) is 0. The van der Waals surface area contributed by atoms with Crippen molar-refractivity contribution >= 4 is 11.8 Å². The fourth-order valence-electron chi connectivity index (χ4n) is 1.67. The molecule has 1 aromatic rings. The third-order valence-electron chi connectivity index (χ3n) is 2.55. The summed E-state index contributed by atoms with van der Waals surface area (Å²) in [6.07, 6.45) is 4.41. The number of aromatic nitrogens is 2. The highest BCUT2D eigenvalue weighted by Gasteiger charge is 2.22. The van der Waals surface area contributed by atoms with Gasteiger partial charge in [-0.05, 0) is 12.0 Å². The van der Waals surface area contributed by atoms with E-state index < -0.39 is 0 Å². The number of amides is 2. The van der Waals surface area contributed by atoms with E-state index in [4.69, 9.17) is 0 Å². The molecule has 0 radical (unpaired) electrons. The highest BCUT2D eigenvalue weighted by atomic mass is 16.2. The van der Waals surface area contributed by atoms with Gasteiger partial charge in [-0.1, -0.05) is 0 Å². The zero-order valence-electron chi connectivity index (χ0n) is 9.14. The van der Waals surface area contributed by atoms with Crippen LogP contribution in [0.4, 0.5) is 0 Å². The van der Waals surface area contributed by atoms with Crippen LogP contribution in [-0.2, 0) is 23.1 Å². The van der Waals surface area contributed by atoms with Crippen LogP contribution in [0, 0.1) is 0 Å². The molecule has 0 spiro atoms. The van der Waals surface area contributed by atoms with Gasteiger partial charge < -0.3 is 10.2 Å². The summed E-state index contributed by atoms with van der Waals surface area (Å²) in [5.74, 6) is -0.116. The van der Waals surface area contributed by atoms with Crippen molar-refractivity contribution in [3.8, 4) is 0 Å². The normalized spacial score (nSPS) is 16.4. The van der Waals surface area contributed by atoms with Crippen LogP contribution in [0.15, 0.2) is 12.4 Å². The maximum Gasteiger partial charge on any atom is 0.242 e. The number of hydrogen-bond donors (Lipinski definition) is 1. The lowest BCUT2D eigenvalue weighted by Gasteiger charge is -2.26. The molecule has 0 aromatic carbocycles. The van der Waals surface area contributed by atoms with Gasteiger partial charge in [0.1, 0.15) is 0 Å². The molecule has 1 aliphatic heterocycles. The Labute approximate surface area is 93.2 Å². The lowest BCUT2D eigenvalue weighted by Crippen LogP contribution is -2.51. The Morgan fingerprint density at radius 1 is 1.50 bits per heavy atom. The topological polar surface area (TPSA) is 67.2 Å². The smallest absolute Gasteiger partial charge is 0.242 e. The molecular formula is C10H14N4O2. The van der Waals surface area contributed by atoms with Gasteiger partial charge in [-0.2, -0.15) is 5.10 Å². The van der Waals surface area contributed by atoms with E-state index in [1.54, 1.807) is 15.8 Å². The number of hydrogen-bond acceptors (Lipinski definition) is 3. The Morgan fingerprint density at radius 3 is 3.00 bits per heavy atom. The average Bonchev–Trinajstić information content (AvgIpc) is 2.66. The summed E-state index contributed by atoms with van der Waals surface area (Å²) in [6.45, 7) is 0.850. The van der Waals surface area contributed by atoms with Crippen molar-refractivity contribution in [3.63, 3.8) is 0 Å². The molecule has 6 nitrogen and oxygen atoms in total. The SMILES string of the molecule is Cn1cc(CCN2CC(=O)NCC2=O)cn1. The molecule has 86 valence electrons. The van der Waals surface area contributed by atoms with Gasteiger partial charge in [0.05, 0.1) is 19.3 Å². The molecule has 0 unspecified atom stereocenters. The minimum absolute atomic E-state index is 0.0245. The number of nitrogens with zero attached hydrogens (tertiary/aromatic N) is 3. The maximum atomic E-state index is 11.5. The lowest BCUT2D eigenvalue weighted by molar-refractivity contribution is -0.140. The minimum atomic E-state index is -0.0919. The third-order valence-corrected chi connectivity index (χ3v) is 2.55. The molecule has 2 heterocycles. The zero-order valence-corrected chi connectivity index (χ0v) is 9.14. The molecule has 1 aromatic heterocycles. The molecule has 1 aliphatic rings. The van der Waals surface area contributed by atoms with Crippen LogP contribution < -0.4 is 5.32 Å². The molecule has 6 heteroatoms. The Hall–Kier alpha value is -1.85. The van der Waals surface area contributed by atoms with Gasteiger partial charge in [0.2, 0.25) is 11.8 Å². The van der Waals surface area contributed by atoms with Crippen LogP contribution >= 0.6 is 0 Å². The first kappa shape index (κ1) is 10.7. The van der Waals surface area contributed by atoms with Gasteiger partial charge in [-0.15, -0.1) is 0 Å². The van der Waals surface area contributed by atoms with E-state index in [9.17, 15) is 9.59 Å². The number of rotatable bonds is 3. The van der Waals surface area contributed by atoms with Crippen molar-refractivity contribution < 1.29 is 9.59 Å². The molecule has 2 amide bonds. The van der Waals surface area contributed by atoms with E-state index in [1.165, 1.54) is 0 Å². The Morgan fingerprint density at radius 2 is 2.31 bits per heavy atom. The summed E-state index contributed by atoms with van der Waals surface area (Å²) in [7, 11) is 1.85. The number of carbonyl (C=O) groups is 2. The monoisotopic (exact) mass is 222 g/mol. The van der Waals surface area contributed by atoms with Gasteiger partial charge in [0.15, 0.2) is 0 Å². The number of nitrogens with one attached hydrogen (secondary N) is 1. The molecule has 0 aliphatic carbocycles. The van der Waals surface area contributed by atoms with Crippen molar-refractivity contribution in [1.82, 2.24) is 20.0 Å². The van der Waals surface area contributed by atoms with Crippen molar-refractivity contribution in [3.05, 3.63) is 18.0 Å². The number of piperazine rings is 1.